The van der Waals surface area contributed by atoms with Crippen LogP contribution >= 0.6 is 0 Å². The molecule has 21 heavy (non-hydrogen) atoms. The van der Waals surface area contributed by atoms with Gasteiger partial charge in [-0.3, -0.25) is 0 Å². The first-order valence-electron chi connectivity index (χ1n) is 6.78. The molecule has 0 atom stereocenters. The first kappa shape index (κ1) is 15.5. The lowest BCUT2D eigenvalue weighted by Gasteiger charge is -2.10. The van der Waals surface area contributed by atoms with Crippen LogP contribution in [0.5, 0.6) is 5.75 Å². The van der Waals surface area contributed by atoms with Crippen molar-refractivity contribution in [3.05, 3.63) is 60.2 Å². The molecular formula is C16H19NO3S. The predicted octanol–water partition coefficient (Wildman–Crippen LogP) is 2.95. The maximum absolute atomic E-state index is 12.1. The fourth-order valence-corrected chi connectivity index (χ4v) is 2.86. The first-order valence-corrected chi connectivity index (χ1v) is 8.26. The summed E-state index contributed by atoms with van der Waals surface area (Å²) in [7, 11) is -3.47. The van der Waals surface area contributed by atoms with Gasteiger partial charge < -0.3 is 4.74 Å². The number of benzene rings is 2. The van der Waals surface area contributed by atoms with Crippen molar-refractivity contribution in [1.29, 1.82) is 0 Å². The van der Waals surface area contributed by atoms with Crippen molar-refractivity contribution in [2.75, 3.05) is 0 Å². The maximum Gasteiger partial charge on any atom is 0.240 e. The molecule has 0 bridgehead atoms. The van der Waals surface area contributed by atoms with Crippen molar-refractivity contribution >= 4 is 10.0 Å². The summed E-state index contributed by atoms with van der Waals surface area (Å²) in [6, 6.07) is 15.7. The summed E-state index contributed by atoms with van der Waals surface area (Å²) in [5.74, 6) is 0.777. The van der Waals surface area contributed by atoms with E-state index in [0.717, 1.165) is 11.3 Å². The number of hydrogen-bond acceptors (Lipinski definition) is 3. The molecule has 0 saturated heterocycles. The highest BCUT2D eigenvalue weighted by atomic mass is 32.2. The van der Waals surface area contributed by atoms with Gasteiger partial charge in [-0.15, -0.1) is 0 Å². The van der Waals surface area contributed by atoms with Gasteiger partial charge in [0, 0.05) is 6.54 Å². The third-order valence-electron chi connectivity index (χ3n) is 2.81. The minimum Gasteiger partial charge on any atom is -0.491 e. The van der Waals surface area contributed by atoms with Crippen LogP contribution in [0.25, 0.3) is 0 Å². The molecule has 2 rings (SSSR count). The van der Waals surface area contributed by atoms with Gasteiger partial charge in [0.2, 0.25) is 10.0 Å². The molecule has 0 amide bonds. The van der Waals surface area contributed by atoms with Crippen molar-refractivity contribution in [3.8, 4) is 5.75 Å². The van der Waals surface area contributed by atoms with Crippen LogP contribution in [0.2, 0.25) is 0 Å². The molecule has 0 fully saturated rings. The summed E-state index contributed by atoms with van der Waals surface area (Å²) in [4.78, 5) is 0.268. The highest BCUT2D eigenvalue weighted by molar-refractivity contribution is 7.89. The molecule has 5 heteroatoms. The van der Waals surface area contributed by atoms with Crippen LogP contribution in [0.3, 0.4) is 0 Å². The molecule has 0 unspecified atom stereocenters. The lowest BCUT2D eigenvalue weighted by Crippen LogP contribution is -2.23. The van der Waals surface area contributed by atoms with Crippen LogP contribution in [-0.2, 0) is 16.6 Å². The Morgan fingerprint density at radius 1 is 1.00 bits per heavy atom. The average molecular weight is 305 g/mol. The minimum absolute atomic E-state index is 0.118. The molecule has 112 valence electrons. The van der Waals surface area contributed by atoms with E-state index in [1.54, 1.807) is 30.3 Å². The van der Waals surface area contributed by atoms with Crippen molar-refractivity contribution in [1.82, 2.24) is 4.72 Å². The quantitative estimate of drug-likeness (QED) is 0.892. The van der Waals surface area contributed by atoms with Crippen molar-refractivity contribution in [2.24, 2.45) is 0 Å². The first-order chi connectivity index (χ1) is 9.97. The topological polar surface area (TPSA) is 55.4 Å². The molecule has 0 aliphatic carbocycles. The van der Waals surface area contributed by atoms with E-state index in [9.17, 15) is 8.42 Å². The van der Waals surface area contributed by atoms with Crippen LogP contribution in [0.1, 0.15) is 19.4 Å². The third kappa shape index (κ3) is 4.58. The Bertz CT molecular complexity index is 664. The number of rotatable bonds is 6. The standard InChI is InChI=1S/C16H19NO3S/c1-13(2)20-15-10-8-14(9-11-15)12-17-21(18,19)16-6-4-3-5-7-16/h3-11,13,17H,12H2,1-2H3. The molecular weight excluding hydrogens is 286 g/mol. The zero-order chi connectivity index (χ0) is 15.3. The van der Waals surface area contributed by atoms with Crippen LogP contribution < -0.4 is 9.46 Å². The van der Waals surface area contributed by atoms with Crippen LogP contribution in [0.4, 0.5) is 0 Å². The van der Waals surface area contributed by atoms with Crippen molar-refractivity contribution < 1.29 is 13.2 Å². The fourth-order valence-electron chi connectivity index (χ4n) is 1.82. The second-order valence-corrected chi connectivity index (χ2v) is 6.72. The van der Waals surface area contributed by atoms with Crippen LogP contribution in [0, 0.1) is 0 Å². The van der Waals surface area contributed by atoms with E-state index in [1.807, 2.05) is 38.1 Å². The Labute approximate surface area is 125 Å². The summed E-state index contributed by atoms with van der Waals surface area (Å²) in [5.41, 5.74) is 0.880. The Morgan fingerprint density at radius 2 is 1.62 bits per heavy atom. The Hall–Kier alpha value is -1.85. The summed E-state index contributed by atoms with van der Waals surface area (Å²) in [6.45, 7) is 4.17. The van der Waals surface area contributed by atoms with Crippen LogP contribution in [0.15, 0.2) is 59.5 Å². The van der Waals surface area contributed by atoms with Crippen molar-refractivity contribution in [2.45, 2.75) is 31.4 Å². The molecule has 4 nitrogen and oxygen atoms in total. The van der Waals surface area contributed by atoms with Gasteiger partial charge in [-0.25, -0.2) is 13.1 Å². The fraction of sp³-hybridized carbons (Fsp3) is 0.250. The zero-order valence-electron chi connectivity index (χ0n) is 12.1. The monoisotopic (exact) mass is 305 g/mol. The zero-order valence-corrected chi connectivity index (χ0v) is 12.9. The van der Waals surface area contributed by atoms with Crippen LogP contribution in [-0.4, -0.2) is 14.5 Å². The van der Waals surface area contributed by atoms with Gasteiger partial charge >= 0.3 is 0 Å². The van der Waals surface area contributed by atoms with E-state index in [2.05, 4.69) is 4.72 Å². The summed E-state index contributed by atoms with van der Waals surface area (Å²) in [5, 5.41) is 0. The minimum atomic E-state index is -3.47. The smallest absolute Gasteiger partial charge is 0.240 e. The van der Waals surface area contributed by atoms with Gasteiger partial charge in [-0.1, -0.05) is 30.3 Å². The lowest BCUT2D eigenvalue weighted by atomic mass is 10.2. The van der Waals surface area contributed by atoms with Gasteiger partial charge in [-0.2, -0.15) is 0 Å². The van der Waals surface area contributed by atoms with E-state index in [4.69, 9.17) is 4.74 Å². The Balaban J connectivity index is 2.00. The largest absolute Gasteiger partial charge is 0.491 e. The predicted molar refractivity (Wildman–Crippen MR) is 82.7 cm³/mol. The van der Waals surface area contributed by atoms with Gasteiger partial charge in [0.25, 0.3) is 0 Å². The molecule has 2 aromatic rings. The average Bonchev–Trinajstić information content (AvgIpc) is 2.47. The van der Waals surface area contributed by atoms with E-state index < -0.39 is 10.0 Å². The summed E-state index contributed by atoms with van der Waals surface area (Å²) < 4.78 is 32.3. The number of hydrogen-bond donors (Lipinski definition) is 1. The molecule has 0 spiro atoms. The number of ether oxygens (including phenoxy) is 1. The Kier molecular flexibility index (Phi) is 4.98. The molecule has 0 aliphatic heterocycles. The third-order valence-corrected chi connectivity index (χ3v) is 4.23. The van der Waals surface area contributed by atoms with Gasteiger partial charge in [0.05, 0.1) is 11.0 Å². The van der Waals surface area contributed by atoms with E-state index in [1.165, 1.54) is 0 Å². The molecule has 1 N–H and O–H groups in total. The lowest BCUT2D eigenvalue weighted by molar-refractivity contribution is 0.242. The molecule has 0 radical (unpaired) electrons. The Morgan fingerprint density at radius 3 is 2.19 bits per heavy atom. The SMILES string of the molecule is CC(C)Oc1ccc(CNS(=O)(=O)c2ccccc2)cc1. The van der Waals surface area contributed by atoms with E-state index in [-0.39, 0.29) is 17.5 Å². The second kappa shape index (κ2) is 6.74. The molecule has 0 aliphatic rings. The number of sulfonamides is 1. The molecule has 2 aromatic carbocycles. The van der Waals surface area contributed by atoms with E-state index >= 15 is 0 Å². The van der Waals surface area contributed by atoms with Gasteiger partial charge in [0.1, 0.15) is 5.75 Å². The van der Waals surface area contributed by atoms with Crippen molar-refractivity contribution in [3.63, 3.8) is 0 Å². The highest BCUT2D eigenvalue weighted by Gasteiger charge is 2.12. The molecule has 0 heterocycles. The summed E-state index contributed by atoms with van der Waals surface area (Å²) in [6.07, 6.45) is 0.118. The number of nitrogens with one attached hydrogen (secondary N) is 1. The molecule has 0 aromatic heterocycles. The highest BCUT2D eigenvalue weighted by Crippen LogP contribution is 2.14. The maximum atomic E-state index is 12.1. The van der Waals surface area contributed by atoms with E-state index in [0.29, 0.717) is 0 Å². The second-order valence-electron chi connectivity index (χ2n) is 4.95. The van der Waals surface area contributed by atoms with Gasteiger partial charge in [-0.05, 0) is 43.7 Å². The molecule has 0 saturated carbocycles. The summed E-state index contributed by atoms with van der Waals surface area (Å²) >= 11 is 0. The van der Waals surface area contributed by atoms with Gasteiger partial charge in [0.15, 0.2) is 0 Å². The normalized spacial score (nSPS) is 11.6.